The molecule has 0 spiro atoms. The largest absolute Gasteiger partial charge is 0.331 e. The van der Waals surface area contributed by atoms with E-state index in [1.54, 1.807) is 17.0 Å². The van der Waals surface area contributed by atoms with Gasteiger partial charge in [0.15, 0.2) is 0 Å². The molecular formula is C13H14BrFN2O. The lowest BCUT2D eigenvalue weighted by molar-refractivity contribution is -0.129. The lowest BCUT2D eigenvalue weighted by Gasteiger charge is -2.27. The first-order valence-corrected chi connectivity index (χ1v) is 6.89. The van der Waals surface area contributed by atoms with E-state index in [1.807, 2.05) is 0 Å². The highest BCUT2D eigenvalue weighted by Crippen LogP contribution is 2.42. The van der Waals surface area contributed by atoms with Crippen LogP contribution in [0.25, 0.3) is 0 Å². The second-order valence-electron chi connectivity index (χ2n) is 5.01. The summed E-state index contributed by atoms with van der Waals surface area (Å²) in [7, 11) is 0. The number of halogens is 2. The number of nitrogens with zero attached hydrogens (tertiary/aromatic N) is 1. The normalized spacial score (nSPS) is 27.9. The van der Waals surface area contributed by atoms with E-state index in [4.69, 9.17) is 5.73 Å². The van der Waals surface area contributed by atoms with Gasteiger partial charge < -0.3 is 10.6 Å². The molecule has 1 aliphatic carbocycles. The molecule has 1 aromatic rings. The zero-order chi connectivity index (χ0) is 12.9. The van der Waals surface area contributed by atoms with Crippen molar-refractivity contribution < 1.29 is 9.18 Å². The van der Waals surface area contributed by atoms with Crippen molar-refractivity contribution in [3.8, 4) is 0 Å². The van der Waals surface area contributed by atoms with Crippen LogP contribution < -0.4 is 5.73 Å². The average Bonchev–Trinajstić information content (AvgIpc) is 3.09. The highest BCUT2D eigenvalue weighted by Gasteiger charge is 2.46. The van der Waals surface area contributed by atoms with Crippen LogP contribution in [0.1, 0.15) is 30.9 Å². The van der Waals surface area contributed by atoms with Gasteiger partial charge in [-0.2, -0.15) is 0 Å². The quantitative estimate of drug-likeness (QED) is 0.911. The van der Waals surface area contributed by atoms with Gasteiger partial charge in [0, 0.05) is 28.5 Å². The summed E-state index contributed by atoms with van der Waals surface area (Å²) >= 11 is 3.34. The number of carbonyl (C=O) groups excluding carboxylic acids is 1. The number of amides is 1. The maximum Gasteiger partial charge on any atom is 0.225 e. The summed E-state index contributed by atoms with van der Waals surface area (Å²) in [4.78, 5) is 13.7. The zero-order valence-electron chi connectivity index (χ0n) is 9.77. The summed E-state index contributed by atoms with van der Waals surface area (Å²) < 4.78 is 14.8. The Balaban J connectivity index is 2.02. The van der Waals surface area contributed by atoms with Crippen LogP contribution in [0.15, 0.2) is 22.7 Å². The molecule has 0 aromatic heterocycles. The summed E-state index contributed by atoms with van der Waals surface area (Å²) in [6, 6.07) is 4.43. The maximum atomic E-state index is 14.0. The average molecular weight is 313 g/mol. The number of nitrogens with two attached hydrogens (primary N) is 1. The number of likely N-dealkylation sites (tertiary alicyclic amines) is 1. The molecule has 2 atom stereocenters. The Kier molecular flexibility index (Phi) is 2.90. The van der Waals surface area contributed by atoms with Crippen molar-refractivity contribution in [2.24, 2.45) is 5.73 Å². The SMILES string of the molecule is NC1CC(=O)N(C2CC2)C1c1cc(Br)ccc1F. The van der Waals surface area contributed by atoms with E-state index in [0.717, 1.165) is 17.3 Å². The van der Waals surface area contributed by atoms with Gasteiger partial charge in [-0.15, -0.1) is 0 Å². The summed E-state index contributed by atoms with van der Waals surface area (Å²) in [6.45, 7) is 0. The molecule has 2 unspecified atom stereocenters. The monoisotopic (exact) mass is 312 g/mol. The fraction of sp³-hybridized carbons (Fsp3) is 0.462. The van der Waals surface area contributed by atoms with Crippen molar-refractivity contribution >= 4 is 21.8 Å². The molecule has 96 valence electrons. The third-order valence-electron chi connectivity index (χ3n) is 3.62. The molecular weight excluding hydrogens is 299 g/mol. The van der Waals surface area contributed by atoms with Gasteiger partial charge in [0.1, 0.15) is 5.82 Å². The van der Waals surface area contributed by atoms with Crippen molar-refractivity contribution in [1.29, 1.82) is 0 Å². The fourth-order valence-electron chi connectivity index (χ4n) is 2.69. The van der Waals surface area contributed by atoms with Gasteiger partial charge in [0.05, 0.1) is 6.04 Å². The molecule has 1 saturated carbocycles. The molecule has 2 aliphatic rings. The van der Waals surface area contributed by atoms with Gasteiger partial charge in [-0.1, -0.05) is 15.9 Å². The minimum absolute atomic E-state index is 0.0503. The molecule has 1 amide bonds. The van der Waals surface area contributed by atoms with Gasteiger partial charge in [-0.05, 0) is 31.0 Å². The van der Waals surface area contributed by atoms with E-state index < -0.39 is 0 Å². The topological polar surface area (TPSA) is 46.3 Å². The summed E-state index contributed by atoms with van der Waals surface area (Å²) in [6.07, 6.45) is 2.32. The summed E-state index contributed by atoms with van der Waals surface area (Å²) in [5, 5.41) is 0. The third-order valence-corrected chi connectivity index (χ3v) is 4.11. The lowest BCUT2D eigenvalue weighted by Crippen LogP contribution is -2.35. The highest BCUT2D eigenvalue weighted by atomic mass is 79.9. The standard InChI is InChI=1S/C13H14BrFN2O/c14-7-1-4-10(15)9(5-7)13-11(16)6-12(18)17(13)8-2-3-8/h1,4-5,8,11,13H,2-3,6,16H2. The number of benzene rings is 1. The molecule has 1 aliphatic heterocycles. The van der Waals surface area contributed by atoms with Crippen molar-refractivity contribution in [3.63, 3.8) is 0 Å². The van der Waals surface area contributed by atoms with Gasteiger partial charge in [0.2, 0.25) is 5.91 Å². The Labute approximate surface area is 113 Å². The third kappa shape index (κ3) is 1.95. The summed E-state index contributed by atoms with van der Waals surface area (Å²) in [5.74, 6) is -0.242. The second-order valence-corrected chi connectivity index (χ2v) is 5.93. The smallest absolute Gasteiger partial charge is 0.225 e. The number of carbonyl (C=O) groups is 1. The van der Waals surface area contributed by atoms with Crippen molar-refractivity contribution in [2.45, 2.75) is 37.4 Å². The van der Waals surface area contributed by atoms with Gasteiger partial charge >= 0.3 is 0 Å². The molecule has 3 nitrogen and oxygen atoms in total. The van der Waals surface area contributed by atoms with Crippen LogP contribution in [0.4, 0.5) is 4.39 Å². The number of hydrogen-bond acceptors (Lipinski definition) is 2. The molecule has 1 aromatic carbocycles. The highest BCUT2D eigenvalue weighted by molar-refractivity contribution is 9.10. The van der Waals surface area contributed by atoms with Crippen LogP contribution >= 0.6 is 15.9 Å². The molecule has 2 fully saturated rings. The van der Waals surface area contributed by atoms with Crippen LogP contribution in [0.3, 0.4) is 0 Å². The summed E-state index contributed by atoms with van der Waals surface area (Å²) in [5.41, 5.74) is 6.55. The predicted molar refractivity (Wildman–Crippen MR) is 69.3 cm³/mol. The van der Waals surface area contributed by atoms with E-state index in [0.29, 0.717) is 12.0 Å². The Bertz CT molecular complexity index is 504. The number of hydrogen-bond donors (Lipinski definition) is 1. The lowest BCUT2D eigenvalue weighted by atomic mass is 10.00. The first-order chi connectivity index (χ1) is 8.58. The first kappa shape index (κ1) is 12.1. The number of rotatable bonds is 2. The van der Waals surface area contributed by atoms with Crippen LogP contribution in [0, 0.1) is 5.82 Å². The Hall–Kier alpha value is -0.940. The van der Waals surface area contributed by atoms with Crippen molar-refractivity contribution in [2.75, 3.05) is 0 Å². The molecule has 0 radical (unpaired) electrons. The van der Waals surface area contributed by atoms with Gasteiger partial charge in [0.25, 0.3) is 0 Å². The molecule has 18 heavy (non-hydrogen) atoms. The van der Waals surface area contributed by atoms with Crippen molar-refractivity contribution in [1.82, 2.24) is 4.90 Å². The Morgan fingerprint density at radius 2 is 2.11 bits per heavy atom. The van der Waals surface area contributed by atoms with E-state index in [1.165, 1.54) is 6.07 Å². The second kappa shape index (κ2) is 4.31. The molecule has 3 rings (SSSR count). The van der Waals surface area contributed by atoms with Crippen molar-refractivity contribution in [3.05, 3.63) is 34.1 Å². The van der Waals surface area contributed by atoms with E-state index >= 15 is 0 Å². The zero-order valence-corrected chi connectivity index (χ0v) is 11.4. The van der Waals surface area contributed by atoms with E-state index in [2.05, 4.69) is 15.9 Å². The predicted octanol–water partition coefficient (Wildman–Crippen LogP) is 2.35. The minimum Gasteiger partial charge on any atom is -0.331 e. The minimum atomic E-state index is -0.318. The Morgan fingerprint density at radius 3 is 2.78 bits per heavy atom. The van der Waals surface area contributed by atoms with Crippen LogP contribution in [-0.4, -0.2) is 22.9 Å². The van der Waals surface area contributed by atoms with Crippen LogP contribution in [-0.2, 0) is 4.79 Å². The Morgan fingerprint density at radius 1 is 1.39 bits per heavy atom. The molecule has 1 heterocycles. The maximum absolute atomic E-state index is 14.0. The van der Waals surface area contributed by atoms with E-state index in [9.17, 15) is 9.18 Å². The molecule has 0 bridgehead atoms. The molecule has 5 heteroatoms. The fourth-order valence-corrected chi connectivity index (χ4v) is 3.06. The molecule has 2 N–H and O–H groups in total. The van der Waals surface area contributed by atoms with Crippen LogP contribution in [0.5, 0.6) is 0 Å². The van der Waals surface area contributed by atoms with Crippen LogP contribution in [0.2, 0.25) is 0 Å². The van der Waals surface area contributed by atoms with Gasteiger partial charge in [-0.3, -0.25) is 4.79 Å². The van der Waals surface area contributed by atoms with Gasteiger partial charge in [-0.25, -0.2) is 4.39 Å². The molecule has 1 saturated heterocycles. The first-order valence-electron chi connectivity index (χ1n) is 6.09. The van der Waals surface area contributed by atoms with E-state index in [-0.39, 0.29) is 29.8 Å².